The number of likely N-dealkylation sites (N-methyl/N-ethyl adjacent to an activating group) is 1. The van der Waals surface area contributed by atoms with E-state index in [0.29, 0.717) is 6.04 Å². The van der Waals surface area contributed by atoms with Gasteiger partial charge >= 0.3 is 0 Å². The van der Waals surface area contributed by atoms with E-state index in [9.17, 15) is 0 Å². The van der Waals surface area contributed by atoms with E-state index in [0.717, 1.165) is 22.6 Å². The fraction of sp³-hybridized carbons (Fsp3) is 0.500. The zero-order chi connectivity index (χ0) is 11.7. The van der Waals surface area contributed by atoms with Crippen LogP contribution in [0.4, 0.5) is 5.82 Å². The number of rotatable bonds is 2. The highest BCUT2D eigenvalue weighted by Gasteiger charge is 2.18. The molecule has 17 heavy (non-hydrogen) atoms. The van der Waals surface area contributed by atoms with Crippen LogP contribution in [-0.4, -0.2) is 41.0 Å². The second-order valence-electron chi connectivity index (χ2n) is 4.61. The average Bonchev–Trinajstić information content (AvgIpc) is 2.78. The summed E-state index contributed by atoms with van der Waals surface area (Å²) < 4.78 is 0. The molecular formula is C12H16N4S. The van der Waals surface area contributed by atoms with Gasteiger partial charge in [0, 0.05) is 12.6 Å². The highest BCUT2D eigenvalue weighted by Crippen LogP contribution is 2.25. The minimum absolute atomic E-state index is 0.506. The molecule has 0 aliphatic carbocycles. The van der Waals surface area contributed by atoms with Crippen LogP contribution in [0.25, 0.3) is 10.2 Å². The van der Waals surface area contributed by atoms with Crippen LogP contribution < -0.4 is 5.32 Å². The van der Waals surface area contributed by atoms with Crippen molar-refractivity contribution in [2.45, 2.75) is 18.9 Å². The molecule has 4 nitrogen and oxygen atoms in total. The topological polar surface area (TPSA) is 41.0 Å². The first-order chi connectivity index (χ1) is 8.33. The monoisotopic (exact) mass is 248 g/mol. The van der Waals surface area contributed by atoms with Crippen LogP contribution in [0.2, 0.25) is 0 Å². The van der Waals surface area contributed by atoms with Gasteiger partial charge in [0.2, 0.25) is 0 Å². The van der Waals surface area contributed by atoms with Crippen LogP contribution in [0.5, 0.6) is 0 Å². The Labute approximate surface area is 105 Å². The molecule has 2 aromatic heterocycles. The summed E-state index contributed by atoms with van der Waals surface area (Å²) in [6, 6.07) is 2.60. The summed E-state index contributed by atoms with van der Waals surface area (Å²) in [6.45, 7) is 2.30. The Hall–Kier alpha value is -1.20. The van der Waals surface area contributed by atoms with Gasteiger partial charge in [-0.2, -0.15) is 0 Å². The summed E-state index contributed by atoms with van der Waals surface area (Å²) in [7, 11) is 2.17. The SMILES string of the molecule is CN1CCCC(Nc2ncnc3sccc23)C1. The highest BCUT2D eigenvalue weighted by atomic mass is 32.1. The summed E-state index contributed by atoms with van der Waals surface area (Å²) in [5.41, 5.74) is 0. The third-order valence-electron chi connectivity index (χ3n) is 3.23. The lowest BCUT2D eigenvalue weighted by Gasteiger charge is -2.30. The Morgan fingerprint density at radius 2 is 2.41 bits per heavy atom. The molecule has 90 valence electrons. The normalized spacial score (nSPS) is 21.8. The smallest absolute Gasteiger partial charge is 0.138 e. The number of piperidine rings is 1. The molecule has 1 atom stereocenters. The van der Waals surface area contributed by atoms with E-state index < -0.39 is 0 Å². The molecule has 0 aromatic carbocycles. The number of aromatic nitrogens is 2. The molecule has 1 N–H and O–H groups in total. The van der Waals surface area contributed by atoms with Crippen molar-refractivity contribution >= 4 is 27.4 Å². The first-order valence-corrected chi connectivity index (χ1v) is 6.84. The molecule has 1 aliphatic rings. The van der Waals surface area contributed by atoms with Gasteiger partial charge < -0.3 is 10.2 Å². The van der Waals surface area contributed by atoms with E-state index in [1.807, 2.05) is 0 Å². The molecule has 1 aliphatic heterocycles. The molecule has 1 unspecified atom stereocenters. The quantitative estimate of drug-likeness (QED) is 0.884. The number of anilines is 1. The van der Waals surface area contributed by atoms with Crippen molar-refractivity contribution in [2.24, 2.45) is 0 Å². The largest absolute Gasteiger partial charge is 0.365 e. The minimum Gasteiger partial charge on any atom is -0.365 e. The van der Waals surface area contributed by atoms with Crippen molar-refractivity contribution in [1.82, 2.24) is 14.9 Å². The summed E-state index contributed by atoms with van der Waals surface area (Å²) in [6.07, 6.45) is 4.12. The minimum atomic E-state index is 0.506. The van der Waals surface area contributed by atoms with Crippen LogP contribution in [0.1, 0.15) is 12.8 Å². The average molecular weight is 248 g/mol. The zero-order valence-corrected chi connectivity index (χ0v) is 10.7. The van der Waals surface area contributed by atoms with E-state index >= 15 is 0 Å². The van der Waals surface area contributed by atoms with Gasteiger partial charge in [-0.25, -0.2) is 9.97 Å². The highest BCUT2D eigenvalue weighted by molar-refractivity contribution is 7.16. The van der Waals surface area contributed by atoms with Crippen LogP contribution in [0.3, 0.4) is 0 Å². The van der Waals surface area contributed by atoms with Gasteiger partial charge in [0.15, 0.2) is 0 Å². The Bertz CT molecular complexity index is 510. The number of hydrogen-bond donors (Lipinski definition) is 1. The number of nitrogens with zero attached hydrogens (tertiary/aromatic N) is 3. The number of thiophene rings is 1. The van der Waals surface area contributed by atoms with Gasteiger partial charge in [-0.1, -0.05) is 0 Å². The maximum atomic E-state index is 4.36. The molecule has 0 radical (unpaired) electrons. The predicted octanol–water partition coefficient (Wildman–Crippen LogP) is 2.20. The van der Waals surface area contributed by atoms with Gasteiger partial charge in [-0.05, 0) is 37.9 Å². The summed E-state index contributed by atoms with van der Waals surface area (Å²) in [5.74, 6) is 0.983. The standard InChI is InChI=1S/C12H16N4S/c1-16-5-2-3-9(7-16)15-11-10-4-6-17-12(10)14-8-13-11/h4,6,8-9H,2-3,5,7H2,1H3,(H,13,14,15). The second-order valence-corrected chi connectivity index (χ2v) is 5.50. The molecule has 5 heteroatoms. The Kier molecular flexibility index (Phi) is 2.94. The molecule has 3 heterocycles. The predicted molar refractivity (Wildman–Crippen MR) is 71.6 cm³/mol. The second kappa shape index (κ2) is 4.58. The lowest BCUT2D eigenvalue weighted by molar-refractivity contribution is 0.261. The third-order valence-corrected chi connectivity index (χ3v) is 4.05. The first-order valence-electron chi connectivity index (χ1n) is 5.96. The third kappa shape index (κ3) is 2.25. The van der Waals surface area contributed by atoms with E-state index in [1.165, 1.54) is 19.4 Å². The van der Waals surface area contributed by atoms with Crippen molar-refractivity contribution in [3.63, 3.8) is 0 Å². The molecule has 3 rings (SSSR count). The lowest BCUT2D eigenvalue weighted by Crippen LogP contribution is -2.39. The van der Waals surface area contributed by atoms with Crippen LogP contribution in [-0.2, 0) is 0 Å². The van der Waals surface area contributed by atoms with Crippen LogP contribution >= 0.6 is 11.3 Å². The van der Waals surface area contributed by atoms with E-state index in [4.69, 9.17) is 0 Å². The number of likely N-dealkylation sites (tertiary alicyclic amines) is 1. The number of nitrogens with one attached hydrogen (secondary N) is 1. The summed E-state index contributed by atoms with van der Waals surface area (Å²) in [5, 5.41) is 6.77. The molecule has 0 bridgehead atoms. The van der Waals surface area contributed by atoms with Crippen molar-refractivity contribution in [3.05, 3.63) is 17.8 Å². The Morgan fingerprint density at radius 3 is 3.29 bits per heavy atom. The molecular weight excluding hydrogens is 232 g/mol. The van der Waals surface area contributed by atoms with Gasteiger partial charge in [-0.15, -0.1) is 11.3 Å². The molecule has 0 saturated carbocycles. The van der Waals surface area contributed by atoms with E-state index in [1.54, 1.807) is 17.7 Å². The maximum absolute atomic E-state index is 4.36. The van der Waals surface area contributed by atoms with Gasteiger partial charge in [0.05, 0.1) is 5.39 Å². The Balaban J connectivity index is 1.82. The molecule has 0 spiro atoms. The summed E-state index contributed by atoms with van der Waals surface area (Å²) >= 11 is 1.66. The van der Waals surface area contributed by atoms with E-state index in [-0.39, 0.29) is 0 Å². The van der Waals surface area contributed by atoms with Gasteiger partial charge in [-0.3, -0.25) is 0 Å². The fourth-order valence-corrected chi connectivity index (χ4v) is 3.12. The Morgan fingerprint density at radius 1 is 1.47 bits per heavy atom. The van der Waals surface area contributed by atoms with Gasteiger partial charge in [0.25, 0.3) is 0 Å². The van der Waals surface area contributed by atoms with Crippen molar-refractivity contribution in [1.29, 1.82) is 0 Å². The molecule has 1 saturated heterocycles. The van der Waals surface area contributed by atoms with Crippen LogP contribution in [0.15, 0.2) is 17.8 Å². The molecule has 1 fully saturated rings. The van der Waals surface area contributed by atoms with Crippen LogP contribution in [0, 0.1) is 0 Å². The van der Waals surface area contributed by atoms with Crippen molar-refractivity contribution in [2.75, 3.05) is 25.5 Å². The van der Waals surface area contributed by atoms with Crippen molar-refractivity contribution < 1.29 is 0 Å². The maximum Gasteiger partial charge on any atom is 0.138 e. The molecule has 2 aromatic rings. The number of hydrogen-bond acceptors (Lipinski definition) is 5. The van der Waals surface area contributed by atoms with Gasteiger partial charge in [0.1, 0.15) is 17.0 Å². The van der Waals surface area contributed by atoms with E-state index in [2.05, 4.69) is 38.7 Å². The summed E-state index contributed by atoms with van der Waals surface area (Å²) in [4.78, 5) is 12.1. The first kappa shape index (κ1) is 10.9. The zero-order valence-electron chi connectivity index (χ0n) is 9.89. The van der Waals surface area contributed by atoms with Crippen molar-refractivity contribution in [3.8, 4) is 0 Å². The molecule has 0 amide bonds. The fourth-order valence-electron chi connectivity index (χ4n) is 2.38. The lowest BCUT2D eigenvalue weighted by atomic mass is 10.1. The number of fused-ring (bicyclic) bond motifs is 1.